The molecular weight excluding hydrogens is 180 g/mol. The molecule has 0 amide bonds. The van der Waals surface area contributed by atoms with Crippen molar-refractivity contribution < 1.29 is 9.22 Å². The van der Waals surface area contributed by atoms with Gasteiger partial charge in [-0.2, -0.15) is 0 Å². The van der Waals surface area contributed by atoms with Crippen molar-refractivity contribution in [2.24, 2.45) is 11.3 Å². The maximum absolute atomic E-state index is 11.5. The Morgan fingerprint density at radius 3 is 2.31 bits per heavy atom. The fraction of sp³-hybridized carbons (Fsp3) is 0.900. The zero-order valence-electron chi connectivity index (χ0n) is 8.93. The summed E-state index contributed by atoms with van der Waals surface area (Å²) in [5.74, 6) is 0.550. The fourth-order valence-corrected chi connectivity index (χ4v) is 2.78. The van der Waals surface area contributed by atoms with Gasteiger partial charge in [0.1, 0.15) is 0 Å². The summed E-state index contributed by atoms with van der Waals surface area (Å²) in [6.07, 6.45) is 6.29. The topological polar surface area (TPSA) is 26.3 Å². The zero-order valence-corrected chi connectivity index (χ0v) is 10.9. The van der Waals surface area contributed by atoms with Crippen molar-refractivity contribution in [3.05, 3.63) is 0 Å². The minimum Gasteiger partial charge on any atom is -0.528 e. The summed E-state index contributed by atoms with van der Waals surface area (Å²) >= 11 is 0. The standard InChI is InChI=1S/C10H20O2Si/c1-10(2,9(11)12-13)8-6-4-3-5-7-8/h8H,3-7H2,1-2,13H3. The van der Waals surface area contributed by atoms with Gasteiger partial charge in [0.05, 0.1) is 5.41 Å². The van der Waals surface area contributed by atoms with E-state index in [9.17, 15) is 4.79 Å². The average Bonchev–Trinajstić information content (AvgIpc) is 2.18. The minimum absolute atomic E-state index is 0.00562. The van der Waals surface area contributed by atoms with Crippen LogP contribution in [0.4, 0.5) is 0 Å². The predicted octanol–water partition coefficient (Wildman–Crippen LogP) is 1.42. The molecular formula is C10H20O2Si. The van der Waals surface area contributed by atoms with E-state index in [2.05, 4.69) is 0 Å². The molecule has 0 aromatic rings. The third-order valence-corrected chi connectivity index (χ3v) is 3.71. The van der Waals surface area contributed by atoms with E-state index < -0.39 is 0 Å². The summed E-state index contributed by atoms with van der Waals surface area (Å²) in [7, 11) is 0.525. The van der Waals surface area contributed by atoms with Crippen molar-refractivity contribution in [2.45, 2.75) is 46.0 Å². The van der Waals surface area contributed by atoms with Crippen LogP contribution in [-0.2, 0) is 9.22 Å². The van der Waals surface area contributed by atoms with Crippen LogP contribution in [0.25, 0.3) is 0 Å². The quantitative estimate of drug-likeness (QED) is 0.630. The first-order valence-corrected chi connectivity index (χ1v) is 5.99. The Labute approximate surface area is 83.6 Å². The highest BCUT2D eigenvalue weighted by Crippen LogP contribution is 2.38. The first-order chi connectivity index (χ1) is 6.09. The van der Waals surface area contributed by atoms with E-state index in [1.165, 1.54) is 32.1 Å². The van der Waals surface area contributed by atoms with E-state index in [0.717, 1.165) is 0 Å². The third-order valence-electron chi connectivity index (χ3n) is 3.34. The van der Waals surface area contributed by atoms with Crippen LogP contribution < -0.4 is 0 Å². The first kappa shape index (κ1) is 10.8. The predicted molar refractivity (Wildman–Crippen MR) is 56.4 cm³/mol. The highest BCUT2D eigenvalue weighted by Gasteiger charge is 2.37. The molecule has 1 saturated carbocycles. The lowest BCUT2D eigenvalue weighted by atomic mass is 9.71. The van der Waals surface area contributed by atoms with E-state index in [-0.39, 0.29) is 11.4 Å². The second kappa shape index (κ2) is 4.27. The van der Waals surface area contributed by atoms with Gasteiger partial charge in [0.25, 0.3) is 5.97 Å². The van der Waals surface area contributed by atoms with Gasteiger partial charge in [-0.15, -0.1) is 0 Å². The highest BCUT2D eigenvalue weighted by molar-refractivity contribution is 6.06. The van der Waals surface area contributed by atoms with Gasteiger partial charge < -0.3 is 4.43 Å². The van der Waals surface area contributed by atoms with Crippen LogP contribution in [-0.4, -0.2) is 16.5 Å². The Bertz CT molecular complexity index is 183. The Morgan fingerprint density at radius 1 is 1.31 bits per heavy atom. The molecule has 0 spiro atoms. The summed E-state index contributed by atoms with van der Waals surface area (Å²) in [5.41, 5.74) is -0.248. The molecule has 0 bridgehead atoms. The molecule has 0 radical (unpaired) electrons. The summed E-state index contributed by atoms with van der Waals surface area (Å²) in [4.78, 5) is 11.5. The molecule has 0 aromatic heterocycles. The Morgan fingerprint density at radius 2 is 1.85 bits per heavy atom. The molecule has 1 rings (SSSR count). The molecule has 1 aliphatic rings. The van der Waals surface area contributed by atoms with E-state index in [0.29, 0.717) is 16.4 Å². The second-order valence-corrected chi connectivity index (χ2v) is 4.96. The van der Waals surface area contributed by atoms with Crippen LogP contribution in [0.3, 0.4) is 0 Å². The van der Waals surface area contributed by atoms with Crippen LogP contribution in [0, 0.1) is 11.3 Å². The average molecular weight is 200 g/mol. The summed E-state index contributed by atoms with van der Waals surface area (Å²) in [6, 6.07) is 0. The Hall–Kier alpha value is -0.313. The Balaban J connectivity index is 2.60. The first-order valence-electron chi connectivity index (χ1n) is 5.17. The molecule has 1 aliphatic carbocycles. The van der Waals surface area contributed by atoms with Gasteiger partial charge in [-0.3, -0.25) is 4.79 Å². The molecule has 1 fully saturated rings. The number of carbonyl (C=O) groups is 1. The molecule has 0 N–H and O–H groups in total. The monoisotopic (exact) mass is 200 g/mol. The molecule has 0 atom stereocenters. The van der Waals surface area contributed by atoms with Crippen molar-refractivity contribution >= 4 is 16.5 Å². The molecule has 0 saturated heterocycles. The summed E-state index contributed by atoms with van der Waals surface area (Å²) in [6.45, 7) is 4.06. The fourth-order valence-electron chi connectivity index (χ4n) is 2.25. The van der Waals surface area contributed by atoms with Gasteiger partial charge >= 0.3 is 0 Å². The SMILES string of the molecule is CC(C)(C(=O)O[SiH3])C1CCCCC1. The van der Waals surface area contributed by atoms with Gasteiger partial charge in [0, 0.05) is 0 Å². The highest BCUT2D eigenvalue weighted by atomic mass is 28.2. The summed E-state index contributed by atoms with van der Waals surface area (Å²) < 4.78 is 4.97. The lowest BCUT2D eigenvalue weighted by molar-refractivity contribution is -0.147. The van der Waals surface area contributed by atoms with Gasteiger partial charge in [0.2, 0.25) is 10.5 Å². The molecule has 2 nitrogen and oxygen atoms in total. The molecule has 76 valence electrons. The third kappa shape index (κ3) is 2.33. The maximum atomic E-state index is 11.5. The minimum atomic E-state index is -0.248. The van der Waals surface area contributed by atoms with Crippen LogP contribution in [0.5, 0.6) is 0 Å². The number of carbonyl (C=O) groups excluding carboxylic acids is 1. The summed E-state index contributed by atoms with van der Waals surface area (Å²) in [5, 5.41) is 0. The normalized spacial score (nSPS) is 20.2. The largest absolute Gasteiger partial charge is 0.528 e. The van der Waals surface area contributed by atoms with Crippen LogP contribution in [0.2, 0.25) is 0 Å². The van der Waals surface area contributed by atoms with E-state index in [4.69, 9.17) is 4.43 Å². The van der Waals surface area contributed by atoms with Crippen molar-refractivity contribution in [1.82, 2.24) is 0 Å². The van der Waals surface area contributed by atoms with Crippen molar-refractivity contribution in [3.63, 3.8) is 0 Å². The zero-order chi connectivity index (χ0) is 9.90. The van der Waals surface area contributed by atoms with Crippen molar-refractivity contribution in [3.8, 4) is 0 Å². The second-order valence-electron chi connectivity index (χ2n) is 4.55. The van der Waals surface area contributed by atoms with Crippen LogP contribution in [0.1, 0.15) is 46.0 Å². The molecule has 0 heterocycles. The van der Waals surface area contributed by atoms with Crippen molar-refractivity contribution in [2.75, 3.05) is 0 Å². The van der Waals surface area contributed by atoms with Gasteiger partial charge in [-0.25, -0.2) is 0 Å². The molecule has 0 unspecified atom stereocenters. The number of hydrogen-bond donors (Lipinski definition) is 0. The van der Waals surface area contributed by atoms with E-state index in [1.54, 1.807) is 0 Å². The maximum Gasteiger partial charge on any atom is 0.297 e. The molecule has 0 aromatic carbocycles. The lowest BCUT2D eigenvalue weighted by Gasteiger charge is -2.34. The van der Waals surface area contributed by atoms with Gasteiger partial charge in [0.15, 0.2) is 0 Å². The number of hydrogen-bond acceptors (Lipinski definition) is 2. The number of rotatable bonds is 2. The van der Waals surface area contributed by atoms with Crippen LogP contribution in [0.15, 0.2) is 0 Å². The van der Waals surface area contributed by atoms with E-state index >= 15 is 0 Å². The Kier molecular flexibility index (Phi) is 3.53. The van der Waals surface area contributed by atoms with Crippen LogP contribution >= 0.6 is 0 Å². The van der Waals surface area contributed by atoms with Gasteiger partial charge in [-0.05, 0) is 32.6 Å². The van der Waals surface area contributed by atoms with E-state index in [1.807, 2.05) is 13.8 Å². The molecule has 13 heavy (non-hydrogen) atoms. The van der Waals surface area contributed by atoms with Gasteiger partial charge in [-0.1, -0.05) is 19.3 Å². The molecule has 0 aliphatic heterocycles. The lowest BCUT2D eigenvalue weighted by Crippen LogP contribution is -2.35. The smallest absolute Gasteiger partial charge is 0.297 e. The van der Waals surface area contributed by atoms with Crippen molar-refractivity contribution in [1.29, 1.82) is 0 Å². The molecule has 3 heteroatoms.